The van der Waals surface area contributed by atoms with Gasteiger partial charge in [-0.15, -0.1) is 10.2 Å². The van der Waals surface area contributed by atoms with Gasteiger partial charge in [0.05, 0.1) is 11.1 Å². The third-order valence-electron chi connectivity index (χ3n) is 4.27. The first-order valence-corrected chi connectivity index (χ1v) is 7.99. The zero-order chi connectivity index (χ0) is 16.8. The molecule has 0 spiro atoms. The van der Waals surface area contributed by atoms with Gasteiger partial charge in [-0.05, 0) is 12.1 Å². The van der Waals surface area contributed by atoms with Crippen molar-refractivity contribution in [3.8, 4) is 22.6 Å². The Labute approximate surface area is 143 Å². The molecule has 120 valence electrons. The van der Waals surface area contributed by atoms with Gasteiger partial charge in [0.1, 0.15) is 12.0 Å². The molecule has 6 nitrogen and oxygen atoms in total. The Balaban J connectivity index is 1.79. The SMILES string of the molecule is Cn1cc(-c2nnc3c4ccccc4ncn23)c(-c2ccccc2)n1. The lowest BCUT2D eigenvalue weighted by Crippen LogP contribution is -1.93. The Morgan fingerprint density at radius 2 is 1.68 bits per heavy atom. The van der Waals surface area contributed by atoms with Crippen LogP contribution in [0.25, 0.3) is 39.2 Å². The zero-order valence-corrected chi connectivity index (χ0v) is 13.5. The van der Waals surface area contributed by atoms with Gasteiger partial charge < -0.3 is 0 Å². The maximum absolute atomic E-state index is 4.62. The van der Waals surface area contributed by atoms with E-state index < -0.39 is 0 Å². The number of hydrogen-bond acceptors (Lipinski definition) is 4. The van der Waals surface area contributed by atoms with Gasteiger partial charge in [0.2, 0.25) is 0 Å². The zero-order valence-electron chi connectivity index (χ0n) is 13.5. The number of hydrogen-bond donors (Lipinski definition) is 0. The monoisotopic (exact) mass is 326 g/mol. The van der Waals surface area contributed by atoms with Crippen molar-refractivity contribution in [2.24, 2.45) is 7.05 Å². The second-order valence-electron chi connectivity index (χ2n) is 5.91. The van der Waals surface area contributed by atoms with E-state index in [1.807, 2.05) is 72.2 Å². The lowest BCUT2D eigenvalue weighted by Gasteiger charge is -2.02. The highest BCUT2D eigenvalue weighted by atomic mass is 15.3. The largest absolute Gasteiger partial charge is 0.274 e. The second kappa shape index (κ2) is 5.24. The van der Waals surface area contributed by atoms with Gasteiger partial charge in [0.15, 0.2) is 11.5 Å². The summed E-state index contributed by atoms with van der Waals surface area (Å²) in [5.41, 5.74) is 4.55. The fraction of sp³-hybridized carbons (Fsp3) is 0.0526. The Bertz CT molecular complexity index is 1200. The van der Waals surface area contributed by atoms with E-state index in [0.29, 0.717) is 0 Å². The van der Waals surface area contributed by atoms with Crippen LogP contribution in [-0.4, -0.2) is 29.4 Å². The quantitative estimate of drug-likeness (QED) is 0.499. The summed E-state index contributed by atoms with van der Waals surface area (Å²) in [6.45, 7) is 0. The second-order valence-corrected chi connectivity index (χ2v) is 5.91. The van der Waals surface area contributed by atoms with Crippen molar-refractivity contribution in [1.82, 2.24) is 29.4 Å². The molecule has 6 heteroatoms. The Morgan fingerprint density at radius 3 is 2.56 bits per heavy atom. The van der Waals surface area contributed by atoms with E-state index in [-0.39, 0.29) is 0 Å². The molecule has 2 aromatic carbocycles. The number of nitrogens with zero attached hydrogens (tertiary/aromatic N) is 6. The van der Waals surface area contributed by atoms with Gasteiger partial charge in [-0.25, -0.2) is 4.98 Å². The summed E-state index contributed by atoms with van der Waals surface area (Å²) < 4.78 is 3.72. The molecule has 5 rings (SSSR count). The minimum absolute atomic E-state index is 0.736. The summed E-state index contributed by atoms with van der Waals surface area (Å²) in [5, 5.41) is 14.4. The predicted octanol–water partition coefficient (Wildman–Crippen LogP) is 3.35. The normalized spacial score (nSPS) is 11.4. The Morgan fingerprint density at radius 1 is 0.880 bits per heavy atom. The maximum Gasteiger partial charge on any atom is 0.173 e. The molecule has 5 aromatic rings. The molecular weight excluding hydrogens is 312 g/mol. The van der Waals surface area contributed by atoms with Crippen LogP contribution in [0.2, 0.25) is 0 Å². The van der Waals surface area contributed by atoms with Crippen LogP contribution in [0.4, 0.5) is 0 Å². The van der Waals surface area contributed by atoms with E-state index >= 15 is 0 Å². The summed E-state index contributed by atoms with van der Waals surface area (Å²) in [5.74, 6) is 0.736. The molecule has 0 aliphatic heterocycles. The van der Waals surface area contributed by atoms with E-state index in [2.05, 4.69) is 20.3 Å². The Kier molecular flexibility index (Phi) is 2.90. The maximum atomic E-state index is 4.62. The molecule has 0 saturated carbocycles. The topological polar surface area (TPSA) is 60.9 Å². The van der Waals surface area contributed by atoms with E-state index in [1.165, 1.54) is 0 Å². The number of fused-ring (bicyclic) bond motifs is 3. The van der Waals surface area contributed by atoms with Crippen LogP contribution in [0.3, 0.4) is 0 Å². The number of rotatable bonds is 2. The van der Waals surface area contributed by atoms with E-state index in [0.717, 1.165) is 39.2 Å². The van der Waals surface area contributed by atoms with Gasteiger partial charge in [0, 0.05) is 24.2 Å². The first-order valence-electron chi connectivity index (χ1n) is 7.99. The fourth-order valence-corrected chi connectivity index (χ4v) is 3.12. The average Bonchev–Trinajstić information content (AvgIpc) is 3.25. The summed E-state index contributed by atoms with van der Waals surface area (Å²) >= 11 is 0. The van der Waals surface area contributed by atoms with Crippen molar-refractivity contribution in [2.45, 2.75) is 0 Å². The van der Waals surface area contributed by atoms with Crippen LogP contribution in [0.1, 0.15) is 0 Å². The highest BCUT2D eigenvalue weighted by Crippen LogP contribution is 2.30. The highest BCUT2D eigenvalue weighted by molar-refractivity contribution is 5.92. The van der Waals surface area contributed by atoms with E-state index in [9.17, 15) is 0 Å². The molecule has 0 fully saturated rings. The lowest BCUT2D eigenvalue weighted by molar-refractivity contribution is 0.771. The van der Waals surface area contributed by atoms with Crippen molar-refractivity contribution >= 4 is 16.6 Å². The summed E-state index contributed by atoms with van der Waals surface area (Å²) in [6.07, 6.45) is 3.74. The number of aryl methyl sites for hydroxylation is 1. The average molecular weight is 326 g/mol. The number of benzene rings is 2. The summed E-state index contributed by atoms with van der Waals surface area (Å²) in [4.78, 5) is 4.53. The van der Waals surface area contributed by atoms with Crippen molar-refractivity contribution in [2.75, 3.05) is 0 Å². The van der Waals surface area contributed by atoms with Crippen molar-refractivity contribution in [1.29, 1.82) is 0 Å². The molecule has 0 aliphatic carbocycles. The highest BCUT2D eigenvalue weighted by Gasteiger charge is 2.18. The third-order valence-corrected chi connectivity index (χ3v) is 4.27. The van der Waals surface area contributed by atoms with Crippen LogP contribution in [0, 0.1) is 0 Å². The lowest BCUT2D eigenvalue weighted by atomic mass is 10.1. The van der Waals surface area contributed by atoms with Crippen molar-refractivity contribution in [3.63, 3.8) is 0 Å². The van der Waals surface area contributed by atoms with Crippen molar-refractivity contribution in [3.05, 3.63) is 67.1 Å². The van der Waals surface area contributed by atoms with Crippen LogP contribution in [0.5, 0.6) is 0 Å². The first kappa shape index (κ1) is 13.9. The van der Waals surface area contributed by atoms with Gasteiger partial charge in [-0.2, -0.15) is 5.10 Å². The first-order chi connectivity index (χ1) is 12.3. The summed E-state index contributed by atoms with van der Waals surface area (Å²) in [6, 6.07) is 18.0. The molecule has 3 aromatic heterocycles. The minimum Gasteiger partial charge on any atom is -0.274 e. The molecule has 25 heavy (non-hydrogen) atoms. The molecule has 3 heterocycles. The Hall–Kier alpha value is -3.54. The van der Waals surface area contributed by atoms with Gasteiger partial charge in [-0.1, -0.05) is 42.5 Å². The van der Waals surface area contributed by atoms with E-state index in [4.69, 9.17) is 0 Å². The van der Waals surface area contributed by atoms with Crippen LogP contribution in [0.15, 0.2) is 67.1 Å². The molecule has 0 aliphatic rings. The van der Waals surface area contributed by atoms with E-state index in [1.54, 1.807) is 11.0 Å². The molecule has 0 saturated heterocycles. The molecule has 0 radical (unpaired) electrons. The van der Waals surface area contributed by atoms with Gasteiger partial charge in [-0.3, -0.25) is 9.08 Å². The standard InChI is InChI=1S/C19H14N6/c1-24-11-15(17(23-24)13-7-3-2-4-8-13)19-22-21-18-14-9-5-6-10-16(14)20-12-25(18)19/h2-12H,1H3. The molecule has 0 N–H and O–H groups in total. The van der Waals surface area contributed by atoms with Crippen LogP contribution in [-0.2, 0) is 7.05 Å². The molecule has 0 bridgehead atoms. The number of para-hydroxylation sites is 1. The summed E-state index contributed by atoms with van der Waals surface area (Å²) in [7, 11) is 1.91. The smallest absolute Gasteiger partial charge is 0.173 e. The number of aromatic nitrogens is 6. The third kappa shape index (κ3) is 2.11. The fourth-order valence-electron chi connectivity index (χ4n) is 3.12. The molecule has 0 unspecified atom stereocenters. The van der Waals surface area contributed by atoms with Crippen LogP contribution < -0.4 is 0 Å². The van der Waals surface area contributed by atoms with Crippen LogP contribution >= 0.6 is 0 Å². The van der Waals surface area contributed by atoms with Gasteiger partial charge in [0.25, 0.3) is 0 Å². The molecule has 0 atom stereocenters. The predicted molar refractivity (Wildman–Crippen MR) is 95.9 cm³/mol. The molecular formula is C19H14N6. The minimum atomic E-state index is 0.736. The van der Waals surface area contributed by atoms with Gasteiger partial charge >= 0.3 is 0 Å². The molecule has 0 amide bonds. The van der Waals surface area contributed by atoms with Crippen molar-refractivity contribution < 1.29 is 0 Å².